The molecule has 1 aliphatic heterocycles. The summed E-state index contributed by atoms with van der Waals surface area (Å²) in [7, 11) is 0. The van der Waals surface area contributed by atoms with E-state index in [9.17, 15) is 9.59 Å². The summed E-state index contributed by atoms with van der Waals surface area (Å²) in [5.74, 6) is 1.82. The number of likely N-dealkylation sites (N-methyl/N-ethyl adjacent to an activating group) is 1. The van der Waals surface area contributed by atoms with Crippen LogP contribution in [0, 0.1) is 0 Å². The number of ketones is 1. The van der Waals surface area contributed by atoms with E-state index in [-0.39, 0.29) is 25.1 Å². The topological polar surface area (TPSA) is 83.1 Å². The third-order valence-electron chi connectivity index (χ3n) is 4.08. The lowest BCUT2D eigenvalue weighted by Crippen LogP contribution is -2.28. The molecular weight excluding hydrogens is 374 g/mol. The van der Waals surface area contributed by atoms with Gasteiger partial charge >= 0.3 is 0 Å². The normalized spacial score (nSPS) is 12.1. The van der Waals surface area contributed by atoms with Crippen LogP contribution in [0.3, 0.4) is 0 Å². The third kappa shape index (κ3) is 5.28. The molecule has 1 heterocycles. The minimum absolute atomic E-state index is 0.0916. The zero-order valence-corrected chi connectivity index (χ0v) is 16.4. The number of fused-ring (bicyclic) bond motifs is 1. The number of allylic oxidation sites excluding steroid dienone is 1. The zero-order valence-electron chi connectivity index (χ0n) is 16.4. The Labute approximate surface area is 169 Å². The lowest BCUT2D eigenvalue weighted by Gasteiger charge is -2.12. The largest absolute Gasteiger partial charge is 0.490 e. The van der Waals surface area contributed by atoms with Crippen LogP contribution >= 0.6 is 0 Å². The highest BCUT2D eigenvalue weighted by Crippen LogP contribution is 2.33. The maximum atomic E-state index is 12.5. The number of nitrogens with one attached hydrogen (secondary N) is 1. The van der Waals surface area contributed by atoms with E-state index >= 15 is 0 Å². The summed E-state index contributed by atoms with van der Waals surface area (Å²) in [6.07, 6.45) is 3.18. The van der Waals surface area contributed by atoms with Crippen LogP contribution in [0.2, 0.25) is 0 Å². The van der Waals surface area contributed by atoms with Crippen LogP contribution in [0.1, 0.15) is 29.8 Å². The SMILES string of the molecule is CCNC(=O)COc1ccc(/C=C/C(=O)c2ccc3c(c2)OCO3)cc1OCC. The Balaban J connectivity index is 1.70. The molecule has 0 atom stereocenters. The molecule has 1 N–H and O–H groups in total. The number of hydrogen-bond donors (Lipinski definition) is 1. The molecule has 0 saturated heterocycles. The Morgan fingerprint density at radius 3 is 2.66 bits per heavy atom. The predicted octanol–water partition coefficient (Wildman–Crippen LogP) is 3.23. The van der Waals surface area contributed by atoms with Gasteiger partial charge in [0.1, 0.15) is 0 Å². The average molecular weight is 397 g/mol. The van der Waals surface area contributed by atoms with Gasteiger partial charge < -0.3 is 24.3 Å². The van der Waals surface area contributed by atoms with Gasteiger partial charge in [0.15, 0.2) is 35.4 Å². The van der Waals surface area contributed by atoms with Crippen molar-refractivity contribution >= 4 is 17.8 Å². The van der Waals surface area contributed by atoms with Gasteiger partial charge in [-0.1, -0.05) is 12.1 Å². The van der Waals surface area contributed by atoms with Crippen LogP contribution in [0.25, 0.3) is 6.08 Å². The fourth-order valence-corrected chi connectivity index (χ4v) is 2.73. The van der Waals surface area contributed by atoms with E-state index in [1.807, 2.05) is 13.8 Å². The molecule has 0 spiro atoms. The molecule has 152 valence electrons. The quantitative estimate of drug-likeness (QED) is 0.517. The minimum atomic E-state index is -0.201. The number of ether oxygens (including phenoxy) is 4. The van der Waals surface area contributed by atoms with Gasteiger partial charge in [-0.25, -0.2) is 0 Å². The fraction of sp³-hybridized carbons (Fsp3) is 0.273. The van der Waals surface area contributed by atoms with Crippen molar-refractivity contribution < 1.29 is 28.5 Å². The molecule has 0 saturated carbocycles. The van der Waals surface area contributed by atoms with Crippen LogP contribution in [-0.2, 0) is 4.79 Å². The maximum absolute atomic E-state index is 12.5. The second-order valence-corrected chi connectivity index (χ2v) is 6.15. The number of benzene rings is 2. The van der Waals surface area contributed by atoms with Crippen molar-refractivity contribution in [2.75, 3.05) is 26.6 Å². The Morgan fingerprint density at radius 2 is 1.86 bits per heavy atom. The molecule has 0 fully saturated rings. The van der Waals surface area contributed by atoms with Crippen molar-refractivity contribution in [1.29, 1.82) is 0 Å². The molecule has 3 rings (SSSR count). The fourth-order valence-electron chi connectivity index (χ4n) is 2.73. The molecule has 7 heteroatoms. The summed E-state index contributed by atoms with van der Waals surface area (Å²) in [5, 5.41) is 2.67. The van der Waals surface area contributed by atoms with Crippen molar-refractivity contribution in [3.05, 3.63) is 53.6 Å². The van der Waals surface area contributed by atoms with Gasteiger partial charge in [0.05, 0.1) is 6.61 Å². The maximum Gasteiger partial charge on any atom is 0.257 e. The van der Waals surface area contributed by atoms with E-state index in [0.29, 0.717) is 41.7 Å². The van der Waals surface area contributed by atoms with Crippen molar-refractivity contribution in [1.82, 2.24) is 5.32 Å². The summed E-state index contributed by atoms with van der Waals surface area (Å²) >= 11 is 0. The van der Waals surface area contributed by atoms with Gasteiger partial charge in [0.2, 0.25) is 6.79 Å². The minimum Gasteiger partial charge on any atom is -0.490 e. The van der Waals surface area contributed by atoms with Crippen LogP contribution < -0.4 is 24.3 Å². The van der Waals surface area contributed by atoms with E-state index in [4.69, 9.17) is 18.9 Å². The van der Waals surface area contributed by atoms with E-state index in [2.05, 4.69) is 5.32 Å². The average Bonchev–Trinajstić information content (AvgIpc) is 3.19. The molecule has 7 nitrogen and oxygen atoms in total. The van der Waals surface area contributed by atoms with Crippen molar-refractivity contribution in [2.24, 2.45) is 0 Å². The van der Waals surface area contributed by atoms with Crippen molar-refractivity contribution in [3.8, 4) is 23.0 Å². The second kappa shape index (κ2) is 9.64. The van der Waals surface area contributed by atoms with Crippen molar-refractivity contribution in [3.63, 3.8) is 0 Å². The highest BCUT2D eigenvalue weighted by Gasteiger charge is 2.15. The summed E-state index contributed by atoms with van der Waals surface area (Å²) < 4.78 is 21.7. The highest BCUT2D eigenvalue weighted by molar-refractivity contribution is 6.07. The first-order valence-electron chi connectivity index (χ1n) is 9.39. The van der Waals surface area contributed by atoms with E-state index in [1.54, 1.807) is 42.5 Å². The van der Waals surface area contributed by atoms with Crippen molar-refractivity contribution in [2.45, 2.75) is 13.8 Å². The third-order valence-corrected chi connectivity index (χ3v) is 4.08. The predicted molar refractivity (Wildman–Crippen MR) is 108 cm³/mol. The molecule has 0 unspecified atom stereocenters. The number of carbonyl (C=O) groups is 2. The molecular formula is C22H23NO6. The summed E-state index contributed by atoms with van der Waals surface area (Å²) in [5.41, 5.74) is 1.28. The van der Waals surface area contributed by atoms with E-state index < -0.39 is 0 Å². The molecule has 0 aliphatic carbocycles. The van der Waals surface area contributed by atoms with E-state index in [1.165, 1.54) is 6.08 Å². The zero-order chi connectivity index (χ0) is 20.6. The first-order valence-corrected chi connectivity index (χ1v) is 9.39. The number of carbonyl (C=O) groups excluding carboxylic acids is 2. The summed E-state index contributed by atoms with van der Waals surface area (Å²) in [4.78, 5) is 24.0. The molecule has 2 aromatic rings. The standard InChI is InChI=1S/C22H23NO6/c1-3-23-22(25)13-27-18-9-6-15(11-20(18)26-4-2)5-8-17(24)16-7-10-19-21(12-16)29-14-28-19/h5-12H,3-4,13-14H2,1-2H3,(H,23,25)/b8-5+. The highest BCUT2D eigenvalue weighted by atomic mass is 16.7. The number of rotatable bonds is 9. The molecule has 0 radical (unpaired) electrons. The Hall–Kier alpha value is -3.48. The number of amides is 1. The Morgan fingerprint density at radius 1 is 1.03 bits per heavy atom. The summed E-state index contributed by atoms with van der Waals surface area (Å²) in [6.45, 7) is 4.76. The Kier molecular flexibility index (Phi) is 6.73. The monoisotopic (exact) mass is 397 g/mol. The first kappa shape index (κ1) is 20.3. The Bertz CT molecular complexity index is 922. The molecule has 1 amide bonds. The van der Waals surface area contributed by atoms with Gasteiger partial charge in [0, 0.05) is 12.1 Å². The lowest BCUT2D eigenvalue weighted by molar-refractivity contribution is -0.123. The van der Waals surface area contributed by atoms with Crippen LogP contribution in [0.5, 0.6) is 23.0 Å². The van der Waals surface area contributed by atoms with E-state index in [0.717, 1.165) is 5.56 Å². The van der Waals surface area contributed by atoms with Crippen LogP contribution in [0.4, 0.5) is 0 Å². The first-order chi connectivity index (χ1) is 14.1. The van der Waals surface area contributed by atoms with Gasteiger partial charge in [0.25, 0.3) is 5.91 Å². The molecule has 0 aromatic heterocycles. The summed E-state index contributed by atoms with van der Waals surface area (Å²) in [6, 6.07) is 10.4. The van der Waals surface area contributed by atoms with Crippen LogP contribution in [0.15, 0.2) is 42.5 Å². The van der Waals surface area contributed by atoms with Gasteiger partial charge in [-0.2, -0.15) is 0 Å². The molecule has 1 aliphatic rings. The van der Waals surface area contributed by atoms with Gasteiger partial charge in [-0.15, -0.1) is 0 Å². The molecule has 0 bridgehead atoms. The smallest absolute Gasteiger partial charge is 0.257 e. The van der Waals surface area contributed by atoms with Crippen LogP contribution in [-0.4, -0.2) is 38.2 Å². The molecule has 29 heavy (non-hydrogen) atoms. The van der Waals surface area contributed by atoms with Gasteiger partial charge in [-0.05, 0) is 55.8 Å². The van der Waals surface area contributed by atoms with Gasteiger partial charge in [-0.3, -0.25) is 9.59 Å². The molecule has 2 aromatic carbocycles. The lowest BCUT2D eigenvalue weighted by atomic mass is 10.1. The second-order valence-electron chi connectivity index (χ2n) is 6.15. The number of hydrogen-bond acceptors (Lipinski definition) is 6.